The van der Waals surface area contributed by atoms with E-state index in [1.807, 2.05) is 62.2 Å². The van der Waals surface area contributed by atoms with E-state index in [9.17, 15) is 9.59 Å². The SMILES string of the molecule is CC(C)(C)OC(=O)N1CCCC(c2ccc(-c3ccc(C(=O)Nc4ccccn4)cc3)c3c2NCN=C3)C1. The van der Waals surface area contributed by atoms with Crippen molar-refractivity contribution in [2.24, 2.45) is 4.99 Å². The molecular weight excluding hydrogens is 478 g/mol. The number of hydrogen-bond acceptors (Lipinski definition) is 6. The number of aliphatic imine (C=N–C) groups is 1. The number of rotatable bonds is 4. The molecule has 1 saturated heterocycles. The lowest BCUT2D eigenvalue weighted by Crippen LogP contribution is -2.42. The number of ether oxygens (including phenoxy) is 1. The summed E-state index contributed by atoms with van der Waals surface area (Å²) in [7, 11) is 0. The Labute approximate surface area is 223 Å². The van der Waals surface area contributed by atoms with Crippen molar-refractivity contribution < 1.29 is 14.3 Å². The van der Waals surface area contributed by atoms with Gasteiger partial charge in [0.25, 0.3) is 5.91 Å². The monoisotopic (exact) mass is 511 g/mol. The summed E-state index contributed by atoms with van der Waals surface area (Å²) in [6.45, 7) is 7.53. The number of benzene rings is 2. The second-order valence-corrected chi connectivity index (χ2v) is 10.6. The number of piperidine rings is 1. The molecule has 3 heterocycles. The first-order chi connectivity index (χ1) is 18.3. The van der Waals surface area contributed by atoms with E-state index in [2.05, 4.69) is 32.7 Å². The van der Waals surface area contributed by atoms with E-state index in [1.54, 1.807) is 18.3 Å². The van der Waals surface area contributed by atoms with Gasteiger partial charge >= 0.3 is 6.09 Å². The maximum Gasteiger partial charge on any atom is 0.410 e. The molecule has 1 atom stereocenters. The molecule has 2 aliphatic rings. The first-order valence-electron chi connectivity index (χ1n) is 13.0. The Morgan fingerprint density at radius 2 is 1.89 bits per heavy atom. The lowest BCUT2D eigenvalue weighted by Gasteiger charge is -2.35. The third-order valence-electron chi connectivity index (χ3n) is 6.72. The number of anilines is 2. The Kier molecular flexibility index (Phi) is 7.13. The average Bonchev–Trinajstić information content (AvgIpc) is 2.92. The number of likely N-dealkylation sites (tertiary alicyclic amines) is 1. The van der Waals surface area contributed by atoms with Gasteiger partial charge in [0.2, 0.25) is 0 Å². The zero-order valence-corrected chi connectivity index (χ0v) is 22.0. The van der Waals surface area contributed by atoms with Gasteiger partial charge in [-0.1, -0.05) is 30.3 Å². The van der Waals surface area contributed by atoms with E-state index in [-0.39, 0.29) is 17.9 Å². The molecule has 3 aromatic rings. The minimum absolute atomic E-state index is 0.204. The van der Waals surface area contributed by atoms with Crippen LogP contribution in [0, 0.1) is 0 Å². The smallest absolute Gasteiger partial charge is 0.410 e. The number of nitrogens with zero attached hydrogens (tertiary/aromatic N) is 3. The minimum Gasteiger partial charge on any atom is -0.444 e. The van der Waals surface area contributed by atoms with Crippen LogP contribution in [0.15, 0.2) is 65.8 Å². The highest BCUT2D eigenvalue weighted by molar-refractivity contribution is 6.04. The van der Waals surface area contributed by atoms with Gasteiger partial charge in [0, 0.05) is 48.2 Å². The van der Waals surface area contributed by atoms with Crippen molar-refractivity contribution >= 4 is 29.7 Å². The molecule has 8 nitrogen and oxygen atoms in total. The Morgan fingerprint density at radius 3 is 2.63 bits per heavy atom. The Hall–Kier alpha value is -4.20. The molecule has 0 spiro atoms. The quantitative estimate of drug-likeness (QED) is 0.454. The van der Waals surface area contributed by atoms with Crippen molar-refractivity contribution in [3.8, 4) is 11.1 Å². The van der Waals surface area contributed by atoms with E-state index in [4.69, 9.17) is 4.74 Å². The van der Waals surface area contributed by atoms with Crippen molar-refractivity contribution in [1.82, 2.24) is 9.88 Å². The van der Waals surface area contributed by atoms with Crippen LogP contribution in [0.4, 0.5) is 16.3 Å². The number of carbonyl (C=O) groups is 2. The summed E-state index contributed by atoms with van der Waals surface area (Å²) in [5.74, 6) is 0.514. The Balaban J connectivity index is 1.37. The second-order valence-electron chi connectivity index (χ2n) is 10.6. The summed E-state index contributed by atoms with van der Waals surface area (Å²) in [4.78, 5) is 35.8. The van der Waals surface area contributed by atoms with E-state index >= 15 is 0 Å². The number of aromatic nitrogens is 1. The second kappa shape index (κ2) is 10.7. The maximum atomic E-state index is 12.7. The van der Waals surface area contributed by atoms with Crippen molar-refractivity contribution in [3.63, 3.8) is 0 Å². The highest BCUT2D eigenvalue weighted by Gasteiger charge is 2.30. The van der Waals surface area contributed by atoms with Crippen LogP contribution >= 0.6 is 0 Å². The molecule has 2 aliphatic heterocycles. The van der Waals surface area contributed by atoms with Crippen molar-refractivity contribution in [2.45, 2.75) is 45.1 Å². The molecule has 38 heavy (non-hydrogen) atoms. The third-order valence-corrected chi connectivity index (χ3v) is 6.72. The summed E-state index contributed by atoms with van der Waals surface area (Å²) in [5.41, 5.74) is 5.35. The van der Waals surface area contributed by atoms with Gasteiger partial charge in [-0.15, -0.1) is 0 Å². The van der Waals surface area contributed by atoms with Crippen molar-refractivity contribution in [1.29, 1.82) is 0 Å². The minimum atomic E-state index is -0.516. The lowest BCUT2D eigenvalue weighted by molar-refractivity contribution is 0.0198. The molecule has 5 rings (SSSR count). The summed E-state index contributed by atoms with van der Waals surface area (Å²) in [5, 5.41) is 6.29. The van der Waals surface area contributed by atoms with E-state index in [0.29, 0.717) is 31.1 Å². The topological polar surface area (TPSA) is 95.9 Å². The third kappa shape index (κ3) is 5.69. The first-order valence-corrected chi connectivity index (χ1v) is 13.0. The number of amides is 2. The molecule has 0 saturated carbocycles. The number of hydrogen-bond donors (Lipinski definition) is 2. The van der Waals surface area contributed by atoms with Crippen LogP contribution in [-0.2, 0) is 4.74 Å². The van der Waals surface area contributed by atoms with E-state index in [1.165, 1.54) is 5.56 Å². The normalized spacial score (nSPS) is 16.8. The molecule has 0 radical (unpaired) electrons. The molecule has 0 bridgehead atoms. The number of fused-ring (bicyclic) bond motifs is 1. The van der Waals surface area contributed by atoms with Gasteiger partial charge in [-0.2, -0.15) is 0 Å². The van der Waals surface area contributed by atoms with Crippen LogP contribution in [0.1, 0.15) is 61.0 Å². The molecule has 1 unspecified atom stereocenters. The van der Waals surface area contributed by atoms with Gasteiger partial charge in [-0.05, 0) is 74.6 Å². The fourth-order valence-corrected chi connectivity index (χ4v) is 4.97. The fourth-order valence-electron chi connectivity index (χ4n) is 4.97. The van der Waals surface area contributed by atoms with Gasteiger partial charge in [0.1, 0.15) is 18.1 Å². The van der Waals surface area contributed by atoms with Gasteiger partial charge in [0.15, 0.2) is 0 Å². The molecule has 0 aliphatic carbocycles. The predicted octanol–water partition coefficient (Wildman–Crippen LogP) is 5.92. The largest absolute Gasteiger partial charge is 0.444 e. The Morgan fingerprint density at radius 1 is 1.08 bits per heavy atom. The zero-order chi connectivity index (χ0) is 26.7. The first kappa shape index (κ1) is 25.4. The van der Waals surface area contributed by atoms with Crippen molar-refractivity contribution in [3.05, 3.63) is 77.5 Å². The number of pyridine rings is 1. The maximum absolute atomic E-state index is 12.7. The van der Waals surface area contributed by atoms with Crippen LogP contribution in [0.3, 0.4) is 0 Å². The predicted molar refractivity (Wildman–Crippen MR) is 150 cm³/mol. The van der Waals surface area contributed by atoms with E-state index < -0.39 is 5.60 Å². The summed E-state index contributed by atoms with van der Waals surface area (Å²) in [6, 6.07) is 17.2. The Bertz CT molecular complexity index is 1350. The molecule has 1 aromatic heterocycles. The van der Waals surface area contributed by atoms with Crippen LogP contribution in [-0.4, -0.2) is 53.5 Å². The molecule has 1 fully saturated rings. The standard InChI is InChI=1S/C30H33N5O3/c1-30(2,3)38-29(37)35-16-6-7-22(18-35)24-14-13-23(25-17-31-19-33-27(24)25)20-9-11-21(12-10-20)28(36)34-26-8-4-5-15-32-26/h4-5,8-15,17,22,33H,6-7,16,18-19H2,1-3H3,(H,32,34,36). The molecule has 8 heteroatoms. The van der Waals surface area contributed by atoms with Crippen LogP contribution in [0.25, 0.3) is 11.1 Å². The highest BCUT2D eigenvalue weighted by Crippen LogP contribution is 2.39. The number of carbonyl (C=O) groups excluding carboxylic acids is 2. The van der Waals surface area contributed by atoms with Gasteiger partial charge in [-0.3, -0.25) is 9.79 Å². The molecular formula is C30H33N5O3. The van der Waals surface area contributed by atoms with Crippen molar-refractivity contribution in [2.75, 3.05) is 30.4 Å². The summed E-state index contributed by atoms with van der Waals surface area (Å²) in [6.07, 6.45) is 5.24. The molecule has 196 valence electrons. The van der Waals surface area contributed by atoms with Gasteiger partial charge in [-0.25, -0.2) is 9.78 Å². The summed E-state index contributed by atoms with van der Waals surface area (Å²) >= 11 is 0. The van der Waals surface area contributed by atoms with E-state index in [0.717, 1.165) is 35.2 Å². The van der Waals surface area contributed by atoms with Crippen LogP contribution < -0.4 is 10.6 Å². The lowest BCUT2D eigenvalue weighted by atomic mass is 9.85. The van der Waals surface area contributed by atoms with Gasteiger partial charge < -0.3 is 20.3 Å². The van der Waals surface area contributed by atoms with Crippen LogP contribution in [0.5, 0.6) is 0 Å². The molecule has 2 aromatic carbocycles. The average molecular weight is 512 g/mol. The molecule has 2 amide bonds. The summed E-state index contributed by atoms with van der Waals surface area (Å²) < 4.78 is 5.63. The van der Waals surface area contributed by atoms with Gasteiger partial charge in [0.05, 0.1) is 0 Å². The zero-order valence-electron chi connectivity index (χ0n) is 22.0. The fraction of sp³-hybridized carbons (Fsp3) is 0.333. The highest BCUT2D eigenvalue weighted by atomic mass is 16.6. The number of nitrogens with one attached hydrogen (secondary N) is 2. The van der Waals surface area contributed by atoms with Crippen LogP contribution in [0.2, 0.25) is 0 Å². The molecule has 2 N–H and O–H groups in total.